The Morgan fingerprint density at radius 3 is 2.78 bits per heavy atom. The molecule has 3 rings (SSSR count). The fourth-order valence-electron chi connectivity index (χ4n) is 4.72. The van der Waals surface area contributed by atoms with E-state index in [1.165, 1.54) is 16.7 Å². The highest BCUT2D eigenvalue weighted by molar-refractivity contribution is 5.34. The van der Waals surface area contributed by atoms with Gasteiger partial charge in [-0.2, -0.15) is 0 Å². The molecule has 0 bridgehead atoms. The summed E-state index contributed by atoms with van der Waals surface area (Å²) in [6.45, 7) is 15.8. The highest BCUT2D eigenvalue weighted by Gasteiger charge is 2.33. The number of aliphatic hydroxyl groups excluding tert-OH is 1. The second kappa shape index (κ2) is 9.48. The molecule has 152 valence electrons. The van der Waals surface area contributed by atoms with Crippen LogP contribution < -0.4 is 10.9 Å². The van der Waals surface area contributed by atoms with Crippen LogP contribution in [0, 0.1) is 25.7 Å². The average molecular weight is 375 g/mol. The molecule has 2 heterocycles. The SMILES string of the molecule is Cc1ccc(C)c(C2NNCC2CN2CCN(CC(C)C)C(CCO)C2)c1. The summed E-state index contributed by atoms with van der Waals surface area (Å²) in [4.78, 5) is 5.21. The Labute approximate surface area is 165 Å². The number of benzene rings is 1. The first-order chi connectivity index (χ1) is 13.0. The van der Waals surface area contributed by atoms with Crippen LogP contribution in [0.25, 0.3) is 0 Å². The van der Waals surface area contributed by atoms with Crippen LogP contribution in [0.15, 0.2) is 18.2 Å². The first-order valence-corrected chi connectivity index (χ1v) is 10.6. The predicted octanol–water partition coefficient (Wildman–Crippen LogP) is 2.09. The fourth-order valence-corrected chi connectivity index (χ4v) is 4.72. The van der Waals surface area contributed by atoms with Gasteiger partial charge in [0.2, 0.25) is 0 Å². The van der Waals surface area contributed by atoms with Gasteiger partial charge in [-0.25, -0.2) is 5.43 Å². The van der Waals surface area contributed by atoms with Crippen molar-refractivity contribution in [1.29, 1.82) is 0 Å². The quantitative estimate of drug-likeness (QED) is 0.682. The molecule has 5 heteroatoms. The number of rotatable bonds is 7. The number of nitrogens with one attached hydrogen (secondary N) is 2. The largest absolute Gasteiger partial charge is 0.396 e. The number of aryl methyl sites for hydroxylation is 2. The maximum absolute atomic E-state index is 9.52. The lowest BCUT2D eigenvalue weighted by Gasteiger charge is -2.43. The maximum atomic E-state index is 9.52. The van der Waals surface area contributed by atoms with Crippen molar-refractivity contribution in [1.82, 2.24) is 20.7 Å². The Kier molecular flexibility index (Phi) is 7.29. The van der Waals surface area contributed by atoms with Crippen LogP contribution in [0.5, 0.6) is 0 Å². The molecule has 27 heavy (non-hydrogen) atoms. The van der Waals surface area contributed by atoms with E-state index in [9.17, 15) is 5.11 Å². The monoisotopic (exact) mass is 374 g/mol. The van der Waals surface area contributed by atoms with Crippen molar-refractivity contribution < 1.29 is 5.11 Å². The van der Waals surface area contributed by atoms with Gasteiger partial charge in [-0.05, 0) is 37.3 Å². The summed E-state index contributed by atoms with van der Waals surface area (Å²) in [6, 6.07) is 7.62. The maximum Gasteiger partial charge on any atom is 0.0518 e. The first-order valence-electron chi connectivity index (χ1n) is 10.6. The van der Waals surface area contributed by atoms with Crippen molar-refractivity contribution in [3.8, 4) is 0 Å². The molecule has 2 aliphatic heterocycles. The van der Waals surface area contributed by atoms with E-state index in [0.717, 1.165) is 45.7 Å². The molecule has 2 saturated heterocycles. The van der Waals surface area contributed by atoms with Gasteiger partial charge < -0.3 is 10.0 Å². The van der Waals surface area contributed by atoms with Gasteiger partial charge in [0.05, 0.1) is 6.04 Å². The lowest BCUT2D eigenvalue weighted by molar-refractivity contribution is 0.0436. The van der Waals surface area contributed by atoms with Crippen molar-refractivity contribution in [2.24, 2.45) is 11.8 Å². The van der Waals surface area contributed by atoms with Crippen molar-refractivity contribution in [3.05, 3.63) is 34.9 Å². The van der Waals surface area contributed by atoms with Crippen LogP contribution in [0.1, 0.15) is 43.0 Å². The number of hydrogen-bond donors (Lipinski definition) is 3. The molecule has 1 aromatic rings. The minimum absolute atomic E-state index is 0.282. The molecule has 3 atom stereocenters. The average Bonchev–Trinajstić information content (AvgIpc) is 3.07. The molecule has 0 aromatic heterocycles. The van der Waals surface area contributed by atoms with E-state index < -0.39 is 0 Å². The first kappa shape index (κ1) is 20.7. The number of piperazine rings is 1. The highest BCUT2D eigenvalue weighted by Crippen LogP contribution is 2.29. The minimum atomic E-state index is 0.282. The van der Waals surface area contributed by atoms with Crippen molar-refractivity contribution in [2.45, 2.75) is 46.2 Å². The van der Waals surface area contributed by atoms with E-state index in [4.69, 9.17) is 0 Å². The second-order valence-corrected chi connectivity index (χ2v) is 8.94. The molecule has 3 unspecified atom stereocenters. The van der Waals surface area contributed by atoms with Crippen LogP contribution in [0.3, 0.4) is 0 Å². The summed E-state index contributed by atoms with van der Waals surface area (Å²) in [5.74, 6) is 1.24. The van der Waals surface area contributed by atoms with E-state index in [2.05, 4.69) is 66.5 Å². The summed E-state index contributed by atoms with van der Waals surface area (Å²) in [6.07, 6.45) is 0.880. The third kappa shape index (κ3) is 5.30. The van der Waals surface area contributed by atoms with Crippen LogP contribution in [0.2, 0.25) is 0 Å². The summed E-state index contributed by atoms with van der Waals surface area (Å²) >= 11 is 0. The minimum Gasteiger partial charge on any atom is -0.396 e. The van der Waals surface area contributed by atoms with Crippen LogP contribution >= 0.6 is 0 Å². The molecule has 0 radical (unpaired) electrons. The molecule has 2 fully saturated rings. The number of hydrazine groups is 1. The topological polar surface area (TPSA) is 50.8 Å². The van der Waals surface area contributed by atoms with Crippen LogP contribution in [-0.4, -0.2) is 66.8 Å². The van der Waals surface area contributed by atoms with Gasteiger partial charge in [0, 0.05) is 57.8 Å². The van der Waals surface area contributed by atoms with Gasteiger partial charge in [0.25, 0.3) is 0 Å². The molecule has 1 aromatic carbocycles. The number of aliphatic hydroxyl groups is 1. The Hall–Kier alpha value is -0.980. The Morgan fingerprint density at radius 1 is 1.22 bits per heavy atom. The van der Waals surface area contributed by atoms with E-state index in [1.807, 2.05) is 0 Å². The van der Waals surface area contributed by atoms with Gasteiger partial charge in [0.1, 0.15) is 0 Å². The molecule has 0 amide bonds. The lowest BCUT2D eigenvalue weighted by atomic mass is 9.90. The van der Waals surface area contributed by atoms with Gasteiger partial charge in [-0.1, -0.05) is 37.6 Å². The summed E-state index contributed by atoms with van der Waals surface area (Å²) < 4.78 is 0. The molecule has 0 spiro atoms. The zero-order valence-corrected chi connectivity index (χ0v) is 17.5. The zero-order chi connectivity index (χ0) is 19.4. The van der Waals surface area contributed by atoms with E-state index in [-0.39, 0.29) is 6.61 Å². The molecule has 2 aliphatic rings. The molecular formula is C22H38N4O. The molecule has 3 N–H and O–H groups in total. The molecule has 5 nitrogen and oxygen atoms in total. The predicted molar refractivity (Wildman–Crippen MR) is 112 cm³/mol. The Morgan fingerprint density at radius 2 is 2.04 bits per heavy atom. The standard InChI is InChI=1S/C22H38N4O/c1-16(2)13-26-9-8-25(15-20(26)7-10-27)14-19-12-23-24-22(19)21-11-17(3)5-6-18(21)4/h5-6,11,16,19-20,22-24,27H,7-10,12-15H2,1-4H3. The summed E-state index contributed by atoms with van der Waals surface area (Å²) in [5.41, 5.74) is 11.0. The summed E-state index contributed by atoms with van der Waals surface area (Å²) in [5, 5.41) is 9.52. The second-order valence-electron chi connectivity index (χ2n) is 8.94. The molecule has 0 saturated carbocycles. The van der Waals surface area contributed by atoms with Crippen molar-refractivity contribution in [2.75, 3.05) is 45.9 Å². The van der Waals surface area contributed by atoms with Crippen molar-refractivity contribution in [3.63, 3.8) is 0 Å². The lowest BCUT2D eigenvalue weighted by Crippen LogP contribution is -2.55. The Bertz CT molecular complexity index is 606. The third-order valence-corrected chi connectivity index (χ3v) is 6.11. The zero-order valence-electron chi connectivity index (χ0n) is 17.5. The normalized spacial score (nSPS) is 27.6. The number of hydrogen-bond acceptors (Lipinski definition) is 5. The fraction of sp³-hybridized carbons (Fsp3) is 0.727. The van der Waals surface area contributed by atoms with Gasteiger partial charge in [-0.15, -0.1) is 0 Å². The van der Waals surface area contributed by atoms with E-state index in [1.54, 1.807) is 0 Å². The number of nitrogens with zero attached hydrogens (tertiary/aromatic N) is 2. The molecular weight excluding hydrogens is 336 g/mol. The summed E-state index contributed by atoms with van der Waals surface area (Å²) in [7, 11) is 0. The van der Waals surface area contributed by atoms with E-state index >= 15 is 0 Å². The van der Waals surface area contributed by atoms with E-state index in [0.29, 0.717) is 23.9 Å². The van der Waals surface area contributed by atoms with Crippen LogP contribution in [0.4, 0.5) is 0 Å². The smallest absolute Gasteiger partial charge is 0.0518 e. The van der Waals surface area contributed by atoms with Crippen molar-refractivity contribution >= 4 is 0 Å². The highest BCUT2D eigenvalue weighted by atomic mass is 16.3. The molecule has 0 aliphatic carbocycles. The van der Waals surface area contributed by atoms with Crippen LogP contribution in [-0.2, 0) is 0 Å². The van der Waals surface area contributed by atoms with Gasteiger partial charge >= 0.3 is 0 Å². The van der Waals surface area contributed by atoms with Gasteiger partial charge in [0.15, 0.2) is 0 Å². The third-order valence-electron chi connectivity index (χ3n) is 6.11. The van der Waals surface area contributed by atoms with Gasteiger partial charge in [-0.3, -0.25) is 10.3 Å². The Balaban J connectivity index is 1.64.